The number of aldehydes is 1. The van der Waals surface area contributed by atoms with E-state index in [0.29, 0.717) is 6.42 Å². The van der Waals surface area contributed by atoms with E-state index in [1.807, 2.05) is 12.1 Å². The maximum Gasteiger partial charge on any atom is 0.164 e. The Bertz CT molecular complexity index is 358. The highest BCUT2D eigenvalue weighted by atomic mass is 16.5. The van der Waals surface area contributed by atoms with Crippen molar-refractivity contribution in [3.8, 4) is 11.5 Å². The zero-order chi connectivity index (χ0) is 12.0. The van der Waals surface area contributed by atoms with Gasteiger partial charge in [0.15, 0.2) is 11.5 Å². The first kappa shape index (κ1) is 12.6. The molecule has 0 aromatic heterocycles. The van der Waals surface area contributed by atoms with Crippen LogP contribution in [0.25, 0.3) is 0 Å². The highest BCUT2D eigenvalue weighted by Crippen LogP contribution is 2.34. The van der Waals surface area contributed by atoms with Crippen LogP contribution in [0.2, 0.25) is 0 Å². The van der Waals surface area contributed by atoms with Gasteiger partial charge in [0.2, 0.25) is 0 Å². The van der Waals surface area contributed by atoms with Crippen molar-refractivity contribution in [2.45, 2.75) is 26.2 Å². The smallest absolute Gasteiger partial charge is 0.164 e. The van der Waals surface area contributed by atoms with Gasteiger partial charge in [-0.15, -0.1) is 0 Å². The van der Waals surface area contributed by atoms with Gasteiger partial charge in [-0.25, -0.2) is 0 Å². The number of aryl methyl sites for hydroxylation is 1. The maximum absolute atomic E-state index is 10.4. The van der Waals surface area contributed by atoms with Crippen LogP contribution in [0.1, 0.15) is 24.5 Å². The molecule has 3 nitrogen and oxygen atoms in total. The molecule has 16 heavy (non-hydrogen) atoms. The van der Waals surface area contributed by atoms with Crippen LogP contribution in [-0.2, 0) is 17.6 Å². The summed E-state index contributed by atoms with van der Waals surface area (Å²) in [6.07, 6.45) is 3.11. The van der Waals surface area contributed by atoms with Crippen LogP contribution < -0.4 is 9.47 Å². The van der Waals surface area contributed by atoms with Crippen LogP contribution in [0.3, 0.4) is 0 Å². The molecule has 0 spiro atoms. The molecule has 1 aromatic rings. The molecule has 0 aliphatic carbocycles. The van der Waals surface area contributed by atoms with Crippen LogP contribution in [0.5, 0.6) is 11.5 Å². The van der Waals surface area contributed by atoms with Crippen LogP contribution in [-0.4, -0.2) is 20.5 Å². The first-order valence-corrected chi connectivity index (χ1v) is 5.44. The van der Waals surface area contributed by atoms with Crippen molar-refractivity contribution >= 4 is 6.29 Å². The Hall–Kier alpha value is -1.51. The van der Waals surface area contributed by atoms with Crippen LogP contribution in [0.4, 0.5) is 0 Å². The Morgan fingerprint density at radius 3 is 2.50 bits per heavy atom. The van der Waals surface area contributed by atoms with Crippen molar-refractivity contribution in [2.24, 2.45) is 0 Å². The number of hydrogen-bond acceptors (Lipinski definition) is 3. The summed E-state index contributed by atoms with van der Waals surface area (Å²) >= 11 is 0. The molecule has 0 unspecified atom stereocenters. The molecule has 0 saturated carbocycles. The third-order valence-corrected chi connectivity index (χ3v) is 2.63. The SMILES string of the molecule is CCc1c(CCC=O)ccc(OC)c1OC. The number of methoxy groups -OCH3 is 2. The number of carbonyl (C=O) groups excluding carboxylic acids is 1. The van der Waals surface area contributed by atoms with Gasteiger partial charge < -0.3 is 14.3 Å². The van der Waals surface area contributed by atoms with Crippen molar-refractivity contribution in [1.82, 2.24) is 0 Å². The monoisotopic (exact) mass is 222 g/mol. The molecule has 0 aliphatic rings. The van der Waals surface area contributed by atoms with Crippen molar-refractivity contribution in [3.63, 3.8) is 0 Å². The average molecular weight is 222 g/mol. The van der Waals surface area contributed by atoms with E-state index in [1.54, 1.807) is 14.2 Å². The fraction of sp³-hybridized carbons (Fsp3) is 0.462. The predicted octanol–water partition coefficient (Wildman–Crippen LogP) is 2.40. The van der Waals surface area contributed by atoms with Gasteiger partial charge in [-0.1, -0.05) is 13.0 Å². The van der Waals surface area contributed by atoms with Crippen molar-refractivity contribution in [1.29, 1.82) is 0 Å². The normalized spacial score (nSPS) is 9.94. The van der Waals surface area contributed by atoms with Crippen LogP contribution in [0.15, 0.2) is 12.1 Å². The molecule has 0 amide bonds. The summed E-state index contributed by atoms with van der Waals surface area (Å²) in [5, 5.41) is 0. The predicted molar refractivity (Wildman–Crippen MR) is 63.3 cm³/mol. The van der Waals surface area contributed by atoms with Gasteiger partial charge in [0.25, 0.3) is 0 Å². The second-order valence-electron chi connectivity index (χ2n) is 3.50. The molecular weight excluding hydrogens is 204 g/mol. The minimum absolute atomic E-state index is 0.544. The quantitative estimate of drug-likeness (QED) is 0.693. The van der Waals surface area contributed by atoms with Gasteiger partial charge in [0.05, 0.1) is 14.2 Å². The molecule has 0 bridgehead atoms. The van der Waals surface area contributed by atoms with E-state index in [-0.39, 0.29) is 0 Å². The Morgan fingerprint density at radius 2 is 2.00 bits per heavy atom. The summed E-state index contributed by atoms with van der Waals surface area (Å²) in [6, 6.07) is 3.89. The first-order chi connectivity index (χ1) is 7.78. The lowest BCUT2D eigenvalue weighted by Crippen LogP contribution is -2.00. The van der Waals surface area contributed by atoms with Gasteiger partial charge in [-0.2, -0.15) is 0 Å². The summed E-state index contributed by atoms with van der Waals surface area (Å²) < 4.78 is 10.6. The van der Waals surface area contributed by atoms with E-state index in [9.17, 15) is 4.79 Å². The summed E-state index contributed by atoms with van der Waals surface area (Å²) in [7, 11) is 3.27. The Morgan fingerprint density at radius 1 is 1.25 bits per heavy atom. The van der Waals surface area contributed by atoms with E-state index in [0.717, 1.165) is 41.8 Å². The summed E-state index contributed by atoms with van der Waals surface area (Å²) in [5.41, 5.74) is 2.29. The Balaban J connectivity index is 3.14. The lowest BCUT2D eigenvalue weighted by Gasteiger charge is -2.15. The van der Waals surface area contributed by atoms with E-state index in [4.69, 9.17) is 9.47 Å². The van der Waals surface area contributed by atoms with E-state index < -0.39 is 0 Å². The molecular formula is C13H18O3. The number of hydrogen-bond donors (Lipinski definition) is 0. The molecule has 0 radical (unpaired) electrons. The molecule has 0 aliphatic heterocycles. The molecule has 1 rings (SSSR count). The van der Waals surface area contributed by atoms with Gasteiger partial charge in [0, 0.05) is 12.0 Å². The summed E-state index contributed by atoms with van der Waals surface area (Å²) in [5.74, 6) is 1.53. The van der Waals surface area contributed by atoms with Gasteiger partial charge in [-0.05, 0) is 24.5 Å². The fourth-order valence-corrected chi connectivity index (χ4v) is 1.87. The molecule has 0 saturated heterocycles. The second-order valence-corrected chi connectivity index (χ2v) is 3.50. The van der Waals surface area contributed by atoms with Crippen LogP contribution >= 0.6 is 0 Å². The van der Waals surface area contributed by atoms with Crippen molar-refractivity contribution < 1.29 is 14.3 Å². The zero-order valence-corrected chi connectivity index (χ0v) is 10.1. The zero-order valence-electron chi connectivity index (χ0n) is 10.1. The number of rotatable bonds is 6. The van der Waals surface area contributed by atoms with Gasteiger partial charge in [0.1, 0.15) is 6.29 Å². The lowest BCUT2D eigenvalue weighted by molar-refractivity contribution is -0.107. The minimum Gasteiger partial charge on any atom is -0.493 e. The maximum atomic E-state index is 10.4. The molecule has 0 atom stereocenters. The van der Waals surface area contributed by atoms with Crippen LogP contribution in [0, 0.1) is 0 Å². The fourth-order valence-electron chi connectivity index (χ4n) is 1.87. The lowest BCUT2D eigenvalue weighted by atomic mass is 9.99. The number of benzene rings is 1. The number of ether oxygens (including phenoxy) is 2. The molecule has 3 heteroatoms. The van der Waals surface area contributed by atoms with Crippen molar-refractivity contribution in [3.05, 3.63) is 23.3 Å². The molecule has 0 fully saturated rings. The second kappa shape index (κ2) is 6.16. The van der Waals surface area contributed by atoms with Crippen molar-refractivity contribution in [2.75, 3.05) is 14.2 Å². The molecule has 88 valence electrons. The molecule has 1 aromatic carbocycles. The Labute approximate surface area is 96.4 Å². The molecule has 0 heterocycles. The van der Waals surface area contributed by atoms with E-state index in [2.05, 4.69) is 6.92 Å². The standard InChI is InChI=1S/C13H18O3/c1-4-11-10(6-5-9-14)7-8-12(15-2)13(11)16-3/h7-9H,4-6H2,1-3H3. The highest BCUT2D eigenvalue weighted by molar-refractivity contribution is 5.54. The minimum atomic E-state index is 0.544. The summed E-state index contributed by atoms with van der Waals surface area (Å²) in [4.78, 5) is 10.4. The van der Waals surface area contributed by atoms with Gasteiger partial charge in [-0.3, -0.25) is 0 Å². The third-order valence-electron chi connectivity index (χ3n) is 2.63. The van der Waals surface area contributed by atoms with E-state index >= 15 is 0 Å². The third kappa shape index (κ3) is 2.54. The molecule has 0 N–H and O–H groups in total. The highest BCUT2D eigenvalue weighted by Gasteiger charge is 2.12. The van der Waals surface area contributed by atoms with Gasteiger partial charge >= 0.3 is 0 Å². The largest absolute Gasteiger partial charge is 0.493 e. The average Bonchev–Trinajstić information content (AvgIpc) is 2.34. The summed E-state index contributed by atoms with van der Waals surface area (Å²) in [6.45, 7) is 2.07. The van der Waals surface area contributed by atoms with E-state index in [1.165, 1.54) is 0 Å². The first-order valence-electron chi connectivity index (χ1n) is 5.44. The topological polar surface area (TPSA) is 35.5 Å². The number of carbonyl (C=O) groups is 1. The Kier molecular flexibility index (Phi) is 4.83.